The van der Waals surface area contributed by atoms with Crippen LogP contribution in [0.3, 0.4) is 0 Å². The highest BCUT2D eigenvalue weighted by molar-refractivity contribution is 5.81. The first-order valence-electron chi connectivity index (χ1n) is 11.4. The lowest BCUT2D eigenvalue weighted by Gasteiger charge is -2.35. The Kier molecular flexibility index (Phi) is 6.50. The largest absolute Gasteiger partial charge is 0.480 e. The number of ether oxygens (including phenoxy) is 1. The van der Waals surface area contributed by atoms with Crippen molar-refractivity contribution in [2.45, 2.75) is 24.8 Å². The highest BCUT2D eigenvalue weighted by Crippen LogP contribution is 2.44. The second-order valence-electron chi connectivity index (χ2n) is 9.88. The predicted octanol–water partition coefficient (Wildman–Crippen LogP) is 4.15. The van der Waals surface area contributed by atoms with Crippen LogP contribution in [0, 0.1) is 5.41 Å². The van der Waals surface area contributed by atoms with E-state index in [2.05, 4.69) is 27.5 Å². The summed E-state index contributed by atoms with van der Waals surface area (Å²) in [6.45, 7) is 1.60. The van der Waals surface area contributed by atoms with Crippen molar-refractivity contribution >= 4 is 12.1 Å². The quantitative estimate of drug-likeness (QED) is 0.264. The zero-order valence-electron chi connectivity index (χ0n) is 19.5. The summed E-state index contributed by atoms with van der Waals surface area (Å²) in [6, 6.07) is 14.9. The Balaban J connectivity index is 1.50. The SMILES string of the molecule is C[N+]1(C)CC[C@@](CCN=[N+]=[N-])([C@@H](NC(=O)OCC2c3ccccc3-c3ccccc32)C(=O)O)C1. The van der Waals surface area contributed by atoms with Crippen LogP contribution < -0.4 is 5.32 Å². The molecule has 0 saturated carbocycles. The average Bonchev–Trinajstić information content (AvgIpc) is 3.30. The average molecular weight is 465 g/mol. The Bertz CT molecular complexity index is 1100. The van der Waals surface area contributed by atoms with Crippen LogP contribution in [0.5, 0.6) is 0 Å². The molecule has 1 aliphatic carbocycles. The molecule has 0 bridgehead atoms. The number of carbonyl (C=O) groups is 2. The first-order chi connectivity index (χ1) is 16.3. The van der Waals surface area contributed by atoms with Gasteiger partial charge in [0, 0.05) is 23.8 Å². The minimum atomic E-state index is -1.14. The van der Waals surface area contributed by atoms with E-state index in [1.165, 1.54) is 0 Å². The molecule has 1 saturated heterocycles. The van der Waals surface area contributed by atoms with Crippen molar-refractivity contribution in [1.82, 2.24) is 5.32 Å². The number of rotatable bonds is 8. The molecule has 2 N–H and O–H groups in total. The highest BCUT2D eigenvalue weighted by atomic mass is 16.5. The van der Waals surface area contributed by atoms with Crippen LogP contribution in [0.4, 0.5) is 4.79 Å². The van der Waals surface area contributed by atoms with Crippen LogP contribution in [0.15, 0.2) is 53.6 Å². The summed E-state index contributed by atoms with van der Waals surface area (Å²) in [6.07, 6.45) is 0.218. The normalized spacial score (nSPS) is 21.1. The number of amides is 1. The van der Waals surface area contributed by atoms with Crippen molar-refractivity contribution in [3.05, 3.63) is 70.1 Å². The number of benzene rings is 2. The summed E-state index contributed by atoms with van der Waals surface area (Å²) < 4.78 is 6.23. The second-order valence-corrected chi connectivity index (χ2v) is 9.88. The number of hydrogen-bond donors (Lipinski definition) is 2. The number of hydrogen-bond acceptors (Lipinski definition) is 4. The molecule has 4 rings (SSSR count). The predicted molar refractivity (Wildman–Crippen MR) is 127 cm³/mol. The second kappa shape index (κ2) is 9.37. The smallest absolute Gasteiger partial charge is 0.407 e. The van der Waals surface area contributed by atoms with Crippen molar-refractivity contribution in [2.24, 2.45) is 10.5 Å². The van der Waals surface area contributed by atoms with Crippen LogP contribution in [0.25, 0.3) is 21.6 Å². The van der Waals surface area contributed by atoms with Gasteiger partial charge in [0.15, 0.2) is 0 Å². The van der Waals surface area contributed by atoms with Gasteiger partial charge in [-0.15, -0.1) is 0 Å². The number of likely N-dealkylation sites (tertiary alicyclic amines) is 1. The summed E-state index contributed by atoms with van der Waals surface area (Å²) in [5.74, 6) is -1.22. The van der Waals surface area contributed by atoms with Crippen LogP contribution in [-0.4, -0.2) is 68.0 Å². The fraction of sp³-hybridized carbons (Fsp3) is 0.440. The van der Waals surface area contributed by atoms with E-state index in [0.717, 1.165) is 28.8 Å². The Hall–Kier alpha value is -3.55. The van der Waals surface area contributed by atoms with Gasteiger partial charge in [-0.05, 0) is 34.2 Å². The number of nitrogens with one attached hydrogen (secondary N) is 1. The first-order valence-corrected chi connectivity index (χ1v) is 11.4. The Labute approximate surface area is 198 Å². The van der Waals surface area contributed by atoms with Crippen LogP contribution in [-0.2, 0) is 9.53 Å². The minimum absolute atomic E-state index is 0.109. The van der Waals surface area contributed by atoms with Gasteiger partial charge in [-0.3, -0.25) is 0 Å². The van der Waals surface area contributed by atoms with Crippen molar-refractivity contribution in [2.75, 3.05) is 40.3 Å². The van der Waals surface area contributed by atoms with E-state index in [9.17, 15) is 14.7 Å². The van der Waals surface area contributed by atoms with E-state index in [0.29, 0.717) is 23.9 Å². The number of carbonyl (C=O) groups excluding carboxylic acids is 1. The Morgan fingerprint density at radius 1 is 1.21 bits per heavy atom. The molecule has 9 nitrogen and oxygen atoms in total. The summed E-state index contributed by atoms with van der Waals surface area (Å²) in [4.78, 5) is 27.9. The zero-order chi connectivity index (χ0) is 24.3. The molecule has 178 valence electrons. The van der Waals surface area contributed by atoms with E-state index in [1.54, 1.807) is 0 Å². The molecule has 0 aromatic heterocycles. The van der Waals surface area contributed by atoms with Crippen molar-refractivity contribution in [1.29, 1.82) is 0 Å². The Morgan fingerprint density at radius 2 is 1.82 bits per heavy atom. The zero-order valence-corrected chi connectivity index (χ0v) is 19.5. The number of alkyl carbamates (subject to hydrolysis) is 1. The van der Waals surface area contributed by atoms with E-state index < -0.39 is 23.5 Å². The lowest BCUT2D eigenvalue weighted by atomic mass is 9.76. The third-order valence-corrected chi connectivity index (χ3v) is 7.20. The fourth-order valence-corrected chi connectivity index (χ4v) is 5.67. The number of aliphatic carboxylic acids is 1. The number of fused-ring (bicyclic) bond motifs is 3. The molecule has 34 heavy (non-hydrogen) atoms. The summed E-state index contributed by atoms with van der Waals surface area (Å²) >= 11 is 0. The molecular weight excluding hydrogens is 434 g/mol. The molecule has 2 aromatic rings. The number of quaternary nitrogens is 1. The molecule has 2 aromatic carbocycles. The van der Waals surface area contributed by atoms with Gasteiger partial charge in [-0.1, -0.05) is 53.6 Å². The first kappa shape index (κ1) is 23.6. The van der Waals surface area contributed by atoms with Crippen LogP contribution in [0.2, 0.25) is 0 Å². The van der Waals surface area contributed by atoms with Gasteiger partial charge in [0.05, 0.1) is 32.6 Å². The molecular formula is C25H30N5O4+. The van der Waals surface area contributed by atoms with E-state index in [4.69, 9.17) is 10.3 Å². The molecule has 1 amide bonds. The number of carboxylic acids is 1. The third-order valence-electron chi connectivity index (χ3n) is 7.20. The molecule has 2 atom stereocenters. The minimum Gasteiger partial charge on any atom is -0.480 e. The number of nitrogens with zero attached hydrogens (tertiary/aromatic N) is 4. The number of azide groups is 1. The van der Waals surface area contributed by atoms with Crippen molar-refractivity contribution < 1.29 is 23.9 Å². The molecule has 1 fully saturated rings. The molecule has 2 aliphatic rings. The molecule has 0 spiro atoms. The fourth-order valence-electron chi connectivity index (χ4n) is 5.67. The molecule has 1 heterocycles. The maximum Gasteiger partial charge on any atom is 0.407 e. The topological polar surface area (TPSA) is 124 Å². The van der Waals surface area contributed by atoms with Crippen LogP contribution >= 0.6 is 0 Å². The summed E-state index contributed by atoms with van der Waals surface area (Å²) in [7, 11) is 4.06. The van der Waals surface area contributed by atoms with E-state index in [1.807, 2.05) is 50.5 Å². The van der Waals surface area contributed by atoms with Crippen molar-refractivity contribution in [3.8, 4) is 11.1 Å². The van der Waals surface area contributed by atoms with Gasteiger partial charge in [-0.2, -0.15) is 0 Å². The van der Waals surface area contributed by atoms with Gasteiger partial charge in [-0.25, -0.2) is 9.59 Å². The van der Waals surface area contributed by atoms with E-state index in [-0.39, 0.29) is 19.1 Å². The third kappa shape index (κ3) is 4.58. The maximum atomic E-state index is 12.8. The molecule has 9 heteroatoms. The maximum absolute atomic E-state index is 12.8. The lowest BCUT2D eigenvalue weighted by molar-refractivity contribution is -0.881. The van der Waals surface area contributed by atoms with Gasteiger partial charge < -0.3 is 19.6 Å². The summed E-state index contributed by atoms with van der Waals surface area (Å²) in [5, 5.41) is 16.3. The van der Waals surface area contributed by atoms with Crippen molar-refractivity contribution in [3.63, 3.8) is 0 Å². The molecule has 0 radical (unpaired) electrons. The standard InChI is InChI=1S/C25H29N5O4/c1-30(2)14-12-25(16-30,11-13-27-29-26)22(23(31)32)28-24(33)34-15-21-19-9-5-3-7-17(19)18-8-4-6-10-20(18)21/h3-10,21-22H,11-16H2,1-2H3,(H-,28,31,32,33)/p+1/t22-,25+/m0/s1. The lowest BCUT2D eigenvalue weighted by Crippen LogP contribution is -2.55. The summed E-state index contributed by atoms with van der Waals surface area (Å²) in [5.41, 5.74) is 12.4. The molecule has 0 unspecified atom stereocenters. The Morgan fingerprint density at radius 3 is 2.35 bits per heavy atom. The van der Waals surface area contributed by atoms with Gasteiger partial charge in [0.1, 0.15) is 12.6 Å². The number of carboxylic acid groups (broad SMARTS) is 1. The van der Waals surface area contributed by atoms with E-state index >= 15 is 0 Å². The van der Waals surface area contributed by atoms with Gasteiger partial charge >= 0.3 is 12.1 Å². The van der Waals surface area contributed by atoms with Gasteiger partial charge in [0.25, 0.3) is 0 Å². The van der Waals surface area contributed by atoms with Gasteiger partial charge in [0.2, 0.25) is 0 Å². The highest BCUT2D eigenvalue weighted by Gasteiger charge is 2.53. The monoisotopic (exact) mass is 464 g/mol. The van der Waals surface area contributed by atoms with Crippen LogP contribution in [0.1, 0.15) is 29.9 Å². The molecule has 1 aliphatic heterocycles.